The van der Waals surface area contributed by atoms with Gasteiger partial charge in [0.2, 0.25) is 0 Å². The lowest BCUT2D eigenvalue weighted by Gasteiger charge is -2.32. The Kier molecular flexibility index (Phi) is 6.58. The van der Waals surface area contributed by atoms with Crippen LogP contribution in [0.2, 0.25) is 0 Å². The number of nitrogens with one attached hydrogen (secondary N) is 2. The number of hydrogen-bond acceptors (Lipinski definition) is 3. The molecule has 2 heterocycles. The van der Waals surface area contributed by atoms with Crippen LogP contribution in [0.5, 0.6) is 0 Å². The number of nitrogens with zero attached hydrogens (tertiary/aromatic N) is 2. The zero-order valence-electron chi connectivity index (χ0n) is 19.2. The fraction of sp³-hybridized carbons (Fsp3) is 0.286. The van der Waals surface area contributed by atoms with Gasteiger partial charge in [0, 0.05) is 50.0 Å². The normalized spacial score (nSPS) is 16.2. The molecule has 0 spiro atoms. The largest absolute Gasteiger partial charge is 0.349 e. The molecule has 3 amide bonds. The van der Waals surface area contributed by atoms with Crippen molar-refractivity contribution in [2.45, 2.75) is 38.5 Å². The summed E-state index contributed by atoms with van der Waals surface area (Å²) in [5.74, 6) is -0.0608. The van der Waals surface area contributed by atoms with Gasteiger partial charge in [-0.15, -0.1) is 0 Å². The average Bonchev–Trinajstić information content (AvgIpc) is 3.31. The van der Waals surface area contributed by atoms with Crippen molar-refractivity contribution < 1.29 is 9.59 Å². The van der Waals surface area contributed by atoms with Gasteiger partial charge in [-0.3, -0.25) is 9.69 Å². The lowest BCUT2D eigenvalue weighted by atomic mass is 10.0. The van der Waals surface area contributed by atoms with E-state index >= 15 is 0 Å². The third kappa shape index (κ3) is 5.29. The monoisotopic (exact) mass is 454 g/mol. The van der Waals surface area contributed by atoms with Crippen molar-refractivity contribution in [1.82, 2.24) is 15.1 Å². The molecular weight excluding hydrogens is 424 g/mol. The predicted octanol–water partition coefficient (Wildman–Crippen LogP) is 4.63. The van der Waals surface area contributed by atoms with Gasteiger partial charge in [0.25, 0.3) is 5.91 Å². The maximum absolute atomic E-state index is 12.7. The van der Waals surface area contributed by atoms with Gasteiger partial charge in [0.15, 0.2) is 0 Å². The molecule has 2 N–H and O–H groups in total. The van der Waals surface area contributed by atoms with E-state index in [1.165, 1.54) is 16.7 Å². The first-order valence-electron chi connectivity index (χ1n) is 11.9. The number of piperidine rings is 1. The Morgan fingerprint density at radius 3 is 2.06 bits per heavy atom. The van der Waals surface area contributed by atoms with Crippen LogP contribution in [0.3, 0.4) is 0 Å². The first-order chi connectivity index (χ1) is 16.6. The molecule has 34 heavy (non-hydrogen) atoms. The van der Waals surface area contributed by atoms with Crippen molar-refractivity contribution >= 4 is 17.6 Å². The summed E-state index contributed by atoms with van der Waals surface area (Å²) < 4.78 is 0. The first kappa shape index (κ1) is 22.2. The maximum Gasteiger partial charge on any atom is 0.322 e. The molecule has 6 heteroatoms. The highest BCUT2D eigenvalue weighted by molar-refractivity contribution is 5.95. The Labute approximate surface area is 200 Å². The molecule has 3 aromatic carbocycles. The van der Waals surface area contributed by atoms with E-state index in [9.17, 15) is 9.59 Å². The molecular formula is C28H30N4O2. The van der Waals surface area contributed by atoms with E-state index in [0.717, 1.165) is 32.5 Å². The molecule has 0 saturated carbocycles. The van der Waals surface area contributed by atoms with Gasteiger partial charge in [0.1, 0.15) is 0 Å². The summed E-state index contributed by atoms with van der Waals surface area (Å²) in [4.78, 5) is 29.6. The van der Waals surface area contributed by atoms with Crippen molar-refractivity contribution in [2.75, 3.05) is 18.4 Å². The number of rotatable bonds is 5. The van der Waals surface area contributed by atoms with Crippen LogP contribution in [0.4, 0.5) is 10.5 Å². The summed E-state index contributed by atoms with van der Waals surface area (Å²) in [6, 6.07) is 25.8. The number of benzene rings is 3. The minimum absolute atomic E-state index is 0.0608. The van der Waals surface area contributed by atoms with Crippen LogP contribution < -0.4 is 10.6 Å². The fourth-order valence-electron chi connectivity index (χ4n) is 4.73. The van der Waals surface area contributed by atoms with Gasteiger partial charge in [-0.25, -0.2) is 4.79 Å². The molecule has 0 radical (unpaired) electrons. The molecule has 0 aromatic heterocycles. The average molecular weight is 455 g/mol. The molecule has 6 nitrogen and oxygen atoms in total. The molecule has 0 atom stereocenters. The summed E-state index contributed by atoms with van der Waals surface area (Å²) in [5, 5.41) is 6.11. The third-order valence-corrected chi connectivity index (χ3v) is 6.70. The molecule has 1 saturated heterocycles. The van der Waals surface area contributed by atoms with Gasteiger partial charge in [-0.2, -0.15) is 0 Å². The highest BCUT2D eigenvalue weighted by Crippen LogP contribution is 2.23. The molecule has 0 bridgehead atoms. The van der Waals surface area contributed by atoms with Crippen molar-refractivity contribution in [3.05, 3.63) is 101 Å². The Balaban J connectivity index is 1.08. The minimum atomic E-state index is -0.129. The molecule has 3 aromatic rings. The van der Waals surface area contributed by atoms with Crippen LogP contribution in [-0.2, 0) is 19.6 Å². The summed E-state index contributed by atoms with van der Waals surface area (Å²) >= 11 is 0. The van der Waals surface area contributed by atoms with Crippen molar-refractivity contribution in [3.63, 3.8) is 0 Å². The SMILES string of the molecule is O=C(NC1CCN(Cc2ccccc2)CC1)c1ccc(NC(=O)N2Cc3ccccc3C2)cc1. The molecule has 5 rings (SSSR count). The molecule has 2 aliphatic rings. The van der Waals surface area contributed by atoms with E-state index in [2.05, 4.69) is 51.9 Å². The summed E-state index contributed by atoms with van der Waals surface area (Å²) in [7, 11) is 0. The van der Waals surface area contributed by atoms with Crippen molar-refractivity contribution in [3.8, 4) is 0 Å². The third-order valence-electron chi connectivity index (χ3n) is 6.70. The molecule has 2 aliphatic heterocycles. The molecule has 174 valence electrons. The van der Waals surface area contributed by atoms with Crippen LogP contribution in [0.15, 0.2) is 78.9 Å². The van der Waals surface area contributed by atoms with E-state index in [0.29, 0.717) is 24.3 Å². The lowest BCUT2D eigenvalue weighted by Crippen LogP contribution is -2.44. The Morgan fingerprint density at radius 2 is 1.41 bits per heavy atom. The number of fused-ring (bicyclic) bond motifs is 1. The number of hydrogen-bond donors (Lipinski definition) is 2. The van der Waals surface area contributed by atoms with Crippen LogP contribution in [0.25, 0.3) is 0 Å². The predicted molar refractivity (Wildman–Crippen MR) is 133 cm³/mol. The fourth-order valence-corrected chi connectivity index (χ4v) is 4.73. The topological polar surface area (TPSA) is 64.7 Å². The number of anilines is 1. The number of carbonyl (C=O) groups excluding carboxylic acids is 2. The van der Waals surface area contributed by atoms with E-state index in [1.807, 2.05) is 18.2 Å². The Morgan fingerprint density at radius 1 is 0.794 bits per heavy atom. The standard InChI is InChI=1S/C28H30N4O2/c33-27(29-26-14-16-31(17-15-26)18-21-6-2-1-3-7-21)22-10-12-25(13-11-22)30-28(34)32-19-23-8-4-5-9-24(23)20-32/h1-13,26H,14-20H2,(H,29,33)(H,30,34). The molecule has 1 fully saturated rings. The summed E-state index contributed by atoms with van der Waals surface area (Å²) in [5.41, 5.74) is 5.00. The first-order valence-corrected chi connectivity index (χ1v) is 11.9. The van der Waals surface area contributed by atoms with Crippen LogP contribution >= 0.6 is 0 Å². The lowest BCUT2D eigenvalue weighted by molar-refractivity contribution is 0.0909. The van der Waals surface area contributed by atoms with Crippen LogP contribution in [0, 0.1) is 0 Å². The maximum atomic E-state index is 12.7. The smallest absolute Gasteiger partial charge is 0.322 e. The van der Waals surface area contributed by atoms with Crippen molar-refractivity contribution in [2.24, 2.45) is 0 Å². The second-order valence-electron chi connectivity index (χ2n) is 9.14. The van der Waals surface area contributed by atoms with Crippen molar-refractivity contribution in [1.29, 1.82) is 0 Å². The zero-order valence-corrected chi connectivity index (χ0v) is 19.2. The quantitative estimate of drug-likeness (QED) is 0.591. The highest BCUT2D eigenvalue weighted by atomic mass is 16.2. The molecule has 0 aliphatic carbocycles. The zero-order chi connectivity index (χ0) is 23.3. The Bertz CT molecular complexity index is 1110. The second-order valence-corrected chi connectivity index (χ2v) is 9.14. The Hall–Kier alpha value is -3.64. The van der Waals surface area contributed by atoms with E-state index in [-0.39, 0.29) is 18.0 Å². The number of likely N-dealkylation sites (tertiary alicyclic amines) is 1. The van der Waals surface area contributed by atoms with Gasteiger partial charge < -0.3 is 15.5 Å². The summed E-state index contributed by atoms with van der Waals surface area (Å²) in [6.07, 6.45) is 1.90. The molecule has 0 unspecified atom stereocenters. The van der Waals surface area contributed by atoms with E-state index in [4.69, 9.17) is 0 Å². The van der Waals surface area contributed by atoms with Crippen LogP contribution in [0.1, 0.15) is 39.9 Å². The number of urea groups is 1. The van der Waals surface area contributed by atoms with Crippen LogP contribution in [-0.4, -0.2) is 40.9 Å². The number of amides is 3. The summed E-state index contributed by atoms with van der Waals surface area (Å²) in [6.45, 7) is 4.15. The van der Waals surface area contributed by atoms with Gasteiger partial charge >= 0.3 is 6.03 Å². The highest BCUT2D eigenvalue weighted by Gasteiger charge is 2.23. The second kappa shape index (κ2) is 10.1. The van der Waals surface area contributed by atoms with E-state index < -0.39 is 0 Å². The van der Waals surface area contributed by atoms with Gasteiger partial charge in [-0.05, 0) is 53.8 Å². The minimum Gasteiger partial charge on any atom is -0.349 e. The number of carbonyl (C=O) groups is 2. The van der Waals surface area contributed by atoms with E-state index in [1.54, 1.807) is 29.2 Å². The van der Waals surface area contributed by atoms with Gasteiger partial charge in [-0.1, -0.05) is 54.6 Å². The van der Waals surface area contributed by atoms with Gasteiger partial charge in [0.05, 0.1) is 0 Å².